The molecule has 360 valence electrons. The summed E-state index contributed by atoms with van der Waals surface area (Å²) in [5.74, 6) is -0.701. The topological polar surface area (TPSA) is 182 Å². The average Bonchev–Trinajstić information content (AvgIpc) is 3.37. The highest BCUT2D eigenvalue weighted by Crippen LogP contribution is 2.50. The molecule has 4 N–H and O–H groups in total. The summed E-state index contributed by atoms with van der Waals surface area (Å²) in [5, 5.41) is 0. The third-order valence-corrected chi connectivity index (χ3v) is 13.3. The number of ether oxygens (including phenoxy) is 4. The number of methoxy groups -OCH3 is 1. The van der Waals surface area contributed by atoms with Gasteiger partial charge < -0.3 is 49.3 Å². The fourth-order valence-electron chi connectivity index (χ4n) is 8.33. The van der Waals surface area contributed by atoms with E-state index in [0.29, 0.717) is 53.9 Å². The third kappa shape index (κ3) is 14.4. The molecule has 0 radical (unpaired) electrons. The summed E-state index contributed by atoms with van der Waals surface area (Å²) < 4.78 is 50.9. The van der Waals surface area contributed by atoms with Crippen molar-refractivity contribution in [1.29, 1.82) is 0 Å². The van der Waals surface area contributed by atoms with E-state index in [2.05, 4.69) is 0 Å². The molecule has 0 aliphatic carbocycles. The first-order valence-electron chi connectivity index (χ1n) is 22.8. The van der Waals surface area contributed by atoms with Gasteiger partial charge in [-0.25, -0.2) is 4.79 Å². The molecular weight excluding hydrogens is 896 g/mol. The molecule has 7 rings (SSSR count). The molecule has 6 aromatic rings. The summed E-state index contributed by atoms with van der Waals surface area (Å²) in [7, 11) is -2.26. The lowest BCUT2D eigenvalue weighted by molar-refractivity contribution is -0.150. The van der Waals surface area contributed by atoms with E-state index in [0.717, 1.165) is 22.3 Å². The molecule has 1 heterocycles. The summed E-state index contributed by atoms with van der Waals surface area (Å²) in [6, 6.07) is 48.7. The molecule has 14 nitrogen and oxygen atoms in total. The predicted octanol–water partition coefficient (Wildman–Crippen LogP) is 8.90. The van der Waals surface area contributed by atoms with Crippen LogP contribution in [0.4, 0.5) is 4.79 Å². The highest BCUT2D eigenvalue weighted by Gasteiger charge is 2.47. The molecule has 15 heteroatoms. The van der Waals surface area contributed by atoms with Gasteiger partial charge in [0.05, 0.1) is 38.5 Å². The van der Waals surface area contributed by atoms with Crippen LogP contribution in [-0.4, -0.2) is 79.3 Å². The molecule has 0 bridgehead atoms. The van der Waals surface area contributed by atoms with E-state index < -0.39 is 37.6 Å². The Hall–Kier alpha value is -6.64. The Labute approximate surface area is 403 Å². The van der Waals surface area contributed by atoms with E-state index in [1.54, 1.807) is 53.3 Å². The summed E-state index contributed by atoms with van der Waals surface area (Å²) >= 11 is 0. The number of carbonyl (C=O) groups excluding carboxylic acids is 3. The predicted molar refractivity (Wildman–Crippen MR) is 262 cm³/mol. The van der Waals surface area contributed by atoms with Gasteiger partial charge in [-0.1, -0.05) is 133 Å². The van der Waals surface area contributed by atoms with Crippen LogP contribution in [0.2, 0.25) is 0 Å². The van der Waals surface area contributed by atoms with Gasteiger partial charge in [-0.2, -0.15) is 0 Å². The van der Waals surface area contributed by atoms with Crippen molar-refractivity contribution in [2.45, 2.75) is 63.8 Å². The third-order valence-electron chi connectivity index (χ3n) is 11.8. The minimum absolute atomic E-state index is 0.0557. The maximum atomic E-state index is 15.4. The molecule has 1 saturated heterocycles. The maximum absolute atomic E-state index is 15.4. The van der Waals surface area contributed by atoms with Crippen LogP contribution in [0.3, 0.4) is 0 Å². The first-order valence-corrected chi connectivity index (χ1v) is 24.6. The molecule has 3 unspecified atom stereocenters. The van der Waals surface area contributed by atoms with Crippen molar-refractivity contribution < 1.29 is 46.9 Å². The number of para-hydroxylation sites is 1. The Morgan fingerprint density at radius 1 is 0.609 bits per heavy atom. The van der Waals surface area contributed by atoms with E-state index in [1.807, 2.05) is 127 Å². The van der Waals surface area contributed by atoms with Gasteiger partial charge in [-0.05, 0) is 83.0 Å². The minimum atomic E-state index is -3.85. The standard InChI is InChI=1S/C54H59N4O10P/c1-63-29-30-64-38-65-51-48(28-27-45-23-11-12-26-50(45)66-39-69(62,67-36-41-17-7-3-8-18-41)68-37-42-19-9-4-10-20-42)57(34-43-21-13-24-46(31-43)52(55)59)54(61)58(49(51)33-40-15-5-2-6-16-40)35-44-22-14-25-47(32-44)53(56)60/h2-26,31-32,48-49,51H,27-30,33-39H2,1H3,(H2,55,59)(H2,56,60). The molecule has 0 saturated carbocycles. The van der Waals surface area contributed by atoms with Crippen LogP contribution in [0.15, 0.2) is 164 Å². The molecule has 4 amide bonds. The zero-order chi connectivity index (χ0) is 48.4. The number of hydrogen-bond donors (Lipinski definition) is 2. The lowest BCUT2D eigenvalue weighted by Gasteiger charge is -2.51. The summed E-state index contributed by atoms with van der Waals surface area (Å²) in [5.41, 5.74) is 16.9. The number of hydrogen-bond acceptors (Lipinski definition) is 10. The van der Waals surface area contributed by atoms with Crippen LogP contribution in [0, 0.1) is 0 Å². The van der Waals surface area contributed by atoms with E-state index in [1.165, 1.54) is 0 Å². The number of nitrogens with zero attached hydrogens (tertiary/aromatic N) is 2. The lowest BCUT2D eigenvalue weighted by Crippen LogP contribution is -2.66. The van der Waals surface area contributed by atoms with Gasteiger partial charge in [0, 0.05) is 31.3 Å². The first-order chi connectivity index (χ1) is 33.6. The zero-order valence-electron chi connectivity index (χ0n) is 38.7. The molecule has 1 aliphatic heterocycles. The quantitative estimate of drug-likeness (QED) is 0.0303. The Morgan fingerprint density at radius 2 is 1.12 bits per heavy atom. The van der Waals surface area contributed by atoms with Gasteiger partial charge in [-0.3, -0.25) is 14.2 Å². The van der Waals surface area contributed by atoms with Gasteiger partial charge in [0.25, 0.3) is 0 Å². The number of amides is 4. The molecular formula is C54H59N4O10P. The highest BCUT2D eigenvalue weighted by atomic mass is 31.2. The number of nitrogens with two attached hydrogens (primary N) is 2. The van der Waals surface area contributed by atoms with Crippen molar-refractivity contribution in [3.63, 3.8) is 0 Å². The Balaban J connectivity index is 1.23. The van der Waals surface area contributed by atoms with Crippen LogP contribution in [-0.2, 0) is 67.0 Å². The molecule has 1 fully saturated rings. The lowest BCUT2D eigenvalue weighted by atomic mass is 9.87. The van der Waals surface area contributed by atoms with Crippen molar-refractivity contribution in [2.75, 3.05) is 33.5 Å². The van der Waals surface area contributed by atoms with E-state index in [9.17, 15) is 14.2 Å². The molecule has 69 heavy (non-hydrogen) atoms. The van der Waals surface area contributed by atoms with Crippen molar-refractivity contribution in [3.05, 3.63) is 208 Å². The Kier molecular flexibility index (Phi) is 18.3. The van der Waals surface area contributed by atoms with Gasteiger partial charge in [-0.15, -0.1) is 0 Å². The van der Waals surface area contributed by atoms with Crippen molar-refractivity contribution >= 4 is 25.4 Å². The zero-order valence-corrected chi connectivity index (χ0v) is 39.6. The smallest absolute Gasteiger partial charge is 0.368 e. The molecule has 1 aliphatic rings. The van der Waals surface area contributed by atoms with Crippen molar-refractivity contribution in [3.8, 4) is 5.75 Å². The number of carbonyl (C=O) groups is 3. The largest absolute Gasteiger partial charge is 0.481 e. The van der Waals surface area contributed by atoms with Crippen LogP contribution >= 0.6 is 7.60 Å². The monoisotopic (exact) mass is 954 g/mol. The number of rotatable bonds is 26. The van der Waals surface area contributed by atoms with Gasteiger partial charge in [0.15, 0.2) is 6.35 Å². The normalized spacial score (nSPS) is 16.1. The van der Waals surface area contributed by atoms with Crippen LogP contribution in [0.5, 0.6) is 5.75 Å². The highest BCUT2D eigenvalue weighted by molar-refractivity contribution is 7.53. The second-order valence-corrected chi connectivity index (χ2v) is 18.7. The SMILES string of the molecule is COCCOCOC1C(CCc2ccccc2OCP(=O)(OCc2ccccc2)OCc2ccccc2)N(Cc2cccc(C(N)=O)c2)C(=O)N(Cc2cccc(C(N)=O)c2)C1Cc1ccccc1. The van der Waals surface area contributed by atoms with Gasteiger partial charge in [0.2, 0.25) is 11.8 Å². The minimum Gasteiger partial charge on any atom is -0.481 e. The fraction of sp³-hybridized carbons (Fsp3) is 0.278. The van der Waals surface area contributed by atoms with Crippen LogP contribution in [0.25, 0.3) is 0 Å². The second kappa shape index (κ2) is 25.1. The molecule has 3 atom stereocenters. The van der Waals surface area contributed by atoms with E-state index >= 15 is 4.79 Å². The maximum Gasteiger partial charge on any atom is 0.368 e. The van der Waals surface area contributed by atoms with Crippen LogP contribution < -0.4 is 16.2 Å². The number of urea groups is 1. The average molecular weight is 955 g/mol. The van der Waals surface area contributed by atoms with Crippen molar-refractivity contribution in [2.24, 2.45) is 11.5 Å². The van der Waals surface area contributed by atoms with Crippen molar-refractivity contribution in [1.82, 2.24) is 9.80 Å². The number of benzene rings is 6. The number of aryl methyl sites for hydroxylation is 1. The molecule has 0 spiro atoms. The molecule has 6 aromatic carbocycles. The van der Waals surface area contributed by atoms with Gasteiger partial charge >= 0.3 is 13.6 Å². The Morgan fingerprint density at radius 3 is 1.67 bits per heavy atom. The van der Waals surface area contributed by atoms with E-state index in [-0.39, 0.29) is 52.1 Å². The van der Waals surface area contributed by atoms with Crippen LogP contribution in [0.1, 0.15) is 60.5 Å². The summed E-state index contributed by atoms with van der Waals surface area (Å²) in [6.07, 6.45) is 0.189. The molecule has 0 aromatic heterocycles. The summed E-state index contributed by atoms with van der Waals surface area (Å²) in [4.78, 5) is 43.7. The second-order valence-electron chi connectivity index (χ2n) is 16.7. The first kappa shape index (κ1) is 50.2. The Bertz CT molecular complexity index is 2590. The van der Waals surface area contributed by atoms with E-state index in [4.69, 9.17) is 39.5 Å². The van der Waals surface area contributed by atoms with Gasteiger partial charge in [0.1, 0.15) is 18.6 Å². The number of primary amides is 2. The fourth-order valence-corrected chi connectivity index (χ4v) is 9.54. The summed E-state index contributed by atoms with van der Waals surface area (Å²) in [6.45, 7) is 0.876.